The van der Waals surface area contributed by atoms with Crippen LogP contribution in [0.1, 0.15) is 23.5 Å². The number of thiophene rings is 1. The van der Waals surface area contributed by atoms with Crippen LogP contribution in [-0.2, 0) is 0 Å². The van der Waals surface area contributed by atoms with E-state index in [0.29, 0.717) is 6.54 Å². The number of rotatable bonds is 3. The number of Topliss-reactive ketones (excluding diaryl/α,β-unsaturated/α-hetero) is 1. The van der Waals surface area contributed by atoms with Crippen molar-refractivity contribution in [1.82, 2.24) is 4.90 Å². The fourth-order valence-corrected chi connectivity index (χ4v) is 3.80. The summed E-state index contributed by atoms with van der Waals surface area (Å²) in [6.45, 7) is 7.11. The number of carbonyl (C=O) groups is 1. The highest BCUT2D eigenvalue weighted by molar-refractivity contribution is 8.00. The van der Waals surface area contributed by atoms with E-state index in [-0.39, 0.29) is 10.5 Å². The van der Waals surface area contributed by atoms with E-state index in [4.69, 9.17) is 0 Å². The zero-order valence-corrected chi connectivity index (χ0v) is 11.4. The summed E-state index contributed by atoms with van der Waals surface area (Å²) < 4.78 is 0.286. The molecule has 1 aliphatic rings. The van der Waals surface area contributed by atoms with Crippen LogP contribution in [0.2, 0.25) is 0 Å². The molecule has 0 atom stereocenters. The van der Waals surface area contributed by atoms with Crippen molar-refractivity contribution < 1.29 is 4.79 Å². The molecule has 1 aliphatic heterocycles. The minimum Gasteiger partial charge on any atom is -0.294 e. The normalized spacial score (nSPS) is 20.9. The van der Waals surface area contributed by atoms with Gasteiger partial charge in [0.25, 0.3) is 0 Å². The van der Waals surface area contributed by atoms with Gasteiger partial charge in [0.05, 0.1) is 11.4 Å². The zero-order valence-electron chi connectivity index (χ0n) is 9.73. The van der Waals surface area contributed by atoms with Crippen LogP contribution < -0.4 is 0 Å². The molecule has 0 aromatic carbocycles. The van der Waals surface area contributed by atoms with Crippen LogP contribution in [0.15, 0.2) is 17.5 Å². The number of carbonyl (C=O) groups excluding carboxylic acids is 1. The number of hydrogen-bond donors (Lipinski definition) is 0. The lowest BCUT2D eigenvalue weighted by Crippen LogP contribution is -2.45. The number of nitrogens with zero attached hydrogens (tertiary/aromatic N) is 1. The van der Waals surface area contributed by atoms with Crippen LogP contribution >= 0.6 is 23.1 Å². The Balaban J connectivity index is 1.92. The molecule has 1 aromatic rings. The summed E-state index contributed by atoms with van der Waals surface area (Å²) in [6, 6.07) is 3.85. The van der Waals surface area contributed by atoms with Crippen LogP contribution in [0.4, 0.5) is 0 Å². The highest BCUT2D eigenvalue weighted by atomic mass is 32.2. The molecule has 16 heavy (non-hydrogen) atoms. The molecule has 0 saturated carbocycles. The Morgan fingerprint density at radius 3 is 3.00 bits per heavy atom. The van der Waals surface area contributed by atoms with E-state index < -0.39 is 0 Å². The second-order valence-electron chi connectivity index (χ2n) is 4.72. The standard InChI is InChI=1S/C12H17NOS2/c1-12(2)9-13(5-7-16-12)8-10(14)11-4-3-6-15-11/h3-4,6H,5,7-9H2,1-2H3. The SMILES string of the molecule is CC1(C)CN(CC(=O)c2cccs2)CCS1. The molecular formula is C12H17NOS2. The van der Waals surface area contributed by atoms with Crippen molar-refractivity contribution in [2.24, 2.45) is 0 Å². The summed E-state index contributed by atoms with van der Waals surface area (Å²) in [4.78, 5) is 15.1. The molecule has 2 rings (SSSR count). The van der Waals surface area contributed by atoms with Gasteiger partial charge in [-0.1, -0.05) is 6.07 Å². The highest BCUT2D eigenvalue weighted by Crippen LogP contribution is 2.29. The summed E-state index contributed by atoms with van der Waals surface area (Å²) in [5.41, 5.74) is 0. The Morgan fingerprint density at radius 1 is 1.56 bits per heavy atom. The molecule has 2 heterocycles. The molecule has 88 valence electrons. The summed E-state index contributed by atoms with van der Waals surface area (Å²) in [7, 11) is 0. The third kappa shape index (κ3) is 3.09. The maximum absolute atomic E-state index is 11.9. The Hall–Kier alpha value is -0.320. The number of ketones is 1. The van der Waals surface area contributed by atoms with Gasteiger partial charge in [-0.2, -0.15) is 11.8 Å². The van der Waals surface area contributed by atoms with Gasteiger partial charge in [-0.25, -0.2) is 0 Å². The molecule has 0 bridgehead atoms. The van der Waals surface area contributed by atoms with Crippen LogP contribution in [0, 0.1) is 0 Å². The molecule has 0 spiro atoms. The number of hydrogen-bond acceptors (Lipinski definition) is 4. The predicted octanol–water partition coefficient (Wildman–Crippen LogP) is 2.76. The number of thioether (sulfide) groups is 1. The maximum atomic E-state index is 11.9. The molecule has 1 aromatic heterocycles. The quantitative estimate of drug-likeness (QED) is 0.775. The van der Waals surface area contributed by atoms with Gasteiger partial charge in [-0.15, -0.1) is 11.3 Å². The van der Waals surface area contributed by atoms with E-state index in [1.54, 1.807) is 0 Å². The van der Waals surface area contributed by atoms with Gasteiger partial charge in [-0.05, 0) is 25.3 Å². The first-order chi connectivity index (χ1) is 7.57. The van der Waals surface area contributed by atoms with Gasteiger partial charge in [0.1, 0.15) is 0 Å². The highest BCUT2D eigenvalue weighted by Gasteiger charge is 2.28. The molecule has 0 N–H and O–H groups in total. The molecule has 0 unspecified atom stereocenters. The van der Waals surface area contributed by atoms with E-state index in [1.807, 2.05) is 29.3 Å². The first-order valence-corrected chi connectivity index (χ1v) is 7.36. The topological polar surface area (TPSA) is 20.3 Å². The van der Waals surface area contributed by atoms with Crippen LogP contribution in [0.5, 0.6) is 0 Å². The van der Waals surface area contributed by atoms with Crippen molar-refractivity contribution in [1.29, 1.82) is 0 Å². The Morgan fingerprint density at radius 2 is 2.38 bits per heavy atom. The lowest BCUT2D eigenvalue weighted by atomic mass is 10.1. The van der Waals surface area contributed by atoms with Crippen LogP contribution in [0.25, 0.3) is 0 Å². The first kappa shape index (κ1) is 12.1. The third-order valence-corrected chi connectivity index (χ3v) is 4.88. The van der Waals surface area contributed by atoms with Gasteiger partial charge in [0.15, 0.2) is 5.78 Å². The Bertz CT molecular complexity index is 359. The van der Waals surface area contributed by atoms with Crippen molar-refractivity contribution in [2.45, 2.75) is 18.6 Å². The zero-order chi connectivity index (χ0) is 11.6. The average molecular weight is 255 g/mol. The summed E-state index contributed by atoms with van der Waals surface area (Å²) in [5, 5.41) is 1.96. The molecule has 1 fully saturated rings. The van der Waals surface area contributed by atoms with E-state index in [1.165, 1.54) is 11.3 Å². The lowest BCUT2D eigenvalue weighted by Gasteiger charge is -2.37. The van der Waals surface area contributed by atoms with Gasteiger partial charge in [0.2, 0.25) is 0 Å². The van der Waals surface area contributed by atoms with E-state index in [0.717, 1.165) is 23.7 Å². The van der Waals surface area contributed by atoms with Gasteiger partial charge in [-0.3, -0.25) is 9.69 Å². The monoisotopic (exact) mass is 255 g/mol. The smallest absolute Gasteiger partial charge is 0.186 e. The fourth-order valence-electron chi connectivity index (χ4n) is 1.97. The molecule has 1 saturated heterocycles. The second-order valence-corrected chi connectivity index (χ2v) is 7.47. The average Bonchev–Trinajstić information content (AvgIpc) is 2.68. The van der Waals surface area contributed by atoms with Gasteiger partial charge >= 0.3 is 0 Å². The van der Waals surface area contributed by atoms with Crippen molar-refractivity contribution in [3.8, 4) is 0 Å². The van der Waals surface area contributed by atoms with E-state index in [9.17, 15) is 4.79 Å². The van der Waals surface area contributed by atoms with Crippen molar-refractivity contribution in [3.05, 3.63) is 22.4 Å². The summed E-state index contributed by atoms with van der Waals surface area (Å²) in [5.74, 6) is 1.39. The largest absolute Gasteiger partial charge is 0.294 e. The Kier molecular flexibility index (Phi) is 3.72. The van der Waals surface area contributed by atoms with Crippen molar-refractivity contribution in [3.63, 3.8) is 0 Å². The summed E-state index contributed by atoms with van der Waals surface area (Å²) in [6.07, 6.45) is 0. The van der Waals surface area contributed by atoms with E-state index >= 15 is 0 Å². The molecule has 4 heteroatoms. The lowest BCUT2D eigenvalue weighted by molar-refractivity contribution is 0.0931. The van der Waals surface area contributed by atoms with Crippen molar-refractivity contribution in [2.75, 3.05) is 25.4 Å². The van der Waals surface area contributed by atoms with Gasteiger partial charge < -0.3 is 0 Å². The minimum atomic E-state index is 0.262. The maximum Gasteiger partial charge on any atom is 0.186 e. The van der Waals surface area contributed by atoms with Gasteiger partial charge in [0, 0.05) is 23.6 Å². The van der Waals surface area contributed by atoms with E-state index in [2.05, 4.69) is 18.7 Å². The summed E-state index contributed by atoms with van der Waals surface area (Å²) >= 11 is 3.54. The minimum absolute atomic E-state index is 0.262. The molecule has 2 nitrogen and oxygen atoms in total. The molecular weight excluding hydrogens is 238 g/mol. The fraction of sp³-hybridized carbons (Fsp3) is 0.583. The van der Waals surface area contributed by atoms with Crippen molar-refractivity contribution >= 4 is 28.9 Å². The molecule has 0 amide bonds. The third-order valence-electron chi connectivity index (χ3n) is 2.67. The van der Waals surface area contributed by atoms with Crippen LogP contribution in [0.3, 0.4) is 0 Å². The second kappa shape index (κ2) is 4.90. The first-order valence-electron chi connectivity index (χ1n) is 5.50. The molecule has 0 radical (unpaired) electrons. The predicted molar refractivity (Wildman–Crippen MR) is 71.6 cm³/mol. The molecule has 0 aliphatic carbocycles. The Labute approximate surface area is 105 Å². The van der Waals surface area contributed by atoms with Crippen LogP contribution in [-0.4, -0.2) is 40.8 Å².